The first kappa shape index (κ1) is 10.5. The Hall–Kier alpha value is -0.980. The Kier molecular flexibility index (Phi) is 2.72. The van der Waals surface area contributed by atoms with E-state index in [0.29, 0.717) is 6.54 Å². The van der Waals surface area contributed by atoms with Gasteiger partial charge in [-0.2, -0.15) is 0 Å². The molecule has 1 aromatic rings. The summed E-state index contributed by atoms with van der Waals surface area (Å²) in [5.41, 5.74) is 0.794. The van der Waals surface area contributed by atoms with Gasteiger partial charge in [-0.1, -0.05) is 11.3 Å². The zero-order chi connectivity index (χ0) is 10.9. The van der Waals surface area contributed by atoms with Crippen LogP contribution in [0.3, 0.4) is 0 Å². The molecular formula is C9H12N2O3S. The lowest BCUT2D eigenvalue weighted by atomic mass is 10.2. The van der Waals surface area contributed by atoms with E-state index in [1.165, 1.54) is 0 Å². The number of aliphatic hydroxyl groups is 1. The highest BCUT2D eigenvalue weighted by Gasteiger charge is 2.41. The lowest BCUT2D eigenvalue weighted by molar-refractivity contribution is -0.380. The van der Waals surface area contributed by atoms with Crippen LogP contribution in [0.25, 0.3) is 0 Å². The lowest BCUT2D eigenvalue weighted by Crippen LogP contribution is -2.33. The summed E-state index contributed by atoms with van der Waals surface area (Å²) in [4.78, 5) is 10.1. The smallest absolute Gasteiger partial charge is 0.324 e. The summed E-state index contributed by atoms with van der Waals surface area (Å²) in [5, 5.41) is 24.7. The Bertz CT molecular complexity index is 373. The fourth-order valence-corrected chi connectivity index (χ4v) is 2.11. The molecule has 1 fully saturated rings. The number of thiophene rings is 1. The Labute approximate surface area is 90.9 Å². The number of hydrogen-bond acceptors (Lipinski definition) is 5. The van der Waals surface area contributed by atoms with Crippen molar-refractivity contribution in [2.45, 2.75) is 24.9 Å². The van der Waals surface area contributed by atoms with Crippen LogP contribution in [-0.4, -0.2) is 22.2 Å². The fraction of sp³-hybridized carbons (Fsp3) is 0.556. The van der Waals surface area contributed by atoms with Crippen molar-refractivity contribution in [3.05, 3.63) is 27.1 Å². The molecule has 0 atom stereocenters. The summed E-state index contributed by atoms with van der Waals surface area (Å²) < 4.78 is 0. The van der Waals surface area contributed by atoms with Gasteiger partial charge in [0.15, 0.2) is 0 Å². The van der Waals surface area contributed by atoms with E-state index in [1.54, 1.807) is 11.4 Å². The molecule has 2 N–H and O–H groups in total. The van der Waals surface area contributed by atoms with Crippen LogP contribution in [0.4, 0.5) is 5.00 Å². The van der Waals surface area contributed by atoms with E-state index in [-0.39, 0.29) is 22.1 Å². The maximum atomic E-state index is 10.4. The summed E-state index contributed by atoms with van der Waals surface area (Å²) in [6.45, 7) is 0.726. The van der Waals surface area contributed by atoms with Gasteiger partial charge in [-0.05, 0) is 18.4 Å². The molecule has 0 bridgehead atoms. The molecule has 0 amide bonds. The monoisotopic (exact) mass is 228 g/mol. The Morgan fingerprint density at radius 1 is 1.67 bits per heavy atom. The molecule has 1 aliphatic rings. The lowest BCUT2D eigenvalue weighted by Gasteiger charge is -2.12. The number of aliphatic hydroxyl groups excluding tert-OH is 1. The third-order valence-corrected chi connectivity index (χ3v) is 3.57. The van der Waals surface area contributed by atoms with E-state index in [1.807, 2.05) is 0 Å². The number of hydrogen-bond donors (Lipinski definition) is 2. The second-order valence-corrected chi connectivity index (χ2v) is 4.73. The minimum absolute atomic E-state index is 0.114. The Morgan fingerprint density at radius 3 is 2.87 bits per heavy atom. The third kappa shape index (κ3) is 2.34. The molecule has 1 heterocycles. The molecule has 82 valence electrons. The first-order chi connectivity index (χ1) is 7.15. The van der Waals surface area contributed by atoms with E-state index in [0.717, 1.165) is 29.7 Å². The van der Waals surface area contributed by atoms with Crippen molar-refractivity contribution in [2.75, 3.05) is 6.61 Å². The van der Waals surface area contributed by atoms with Crippen LogP contribution >= 0.6 is 11.3 Å². The predicted octanol–water partition coefficient (Wildman–Crippen LogP) is 1.27. The average Bonchev–Trinajstić information content (AvgIpc) is 2.85. The minimum Gasteiger partial charge on any atom is -0.394 e. The molecule has 1 aliphatic carbocycles. The van der Waals surface area contributed by atoms with Gasteiger partial charge in [0.1, 0.15) is 0 Å². The summed E-state index contributed by atoms with van der Waals surface area (Å²) in [6.07, 6.45) is 1.96. The quantitative estimate of drug-likeness (QED) is 0.588. The molecule has 0 aliphatic heterocycles. The van der Waals surface area contributed by atoms with E-state index in [4.69, 9.17) is 5.11 Å². The molecular weight excluding hydrogens is 216 g/mol. The molecule has 0 spiro atoms. The highest BCUT2D eigenvalue weighted by atomic mass is 32.1. The van der Waals surface area contributed by atoms with Crippen molar-refractivity contribution in [3.63, 3.8) is 0 Å². The first-order valence-electron chi connectivity index (χ1n) is 4.73. The maximum Gasteiger partial charge on any atom is 0.324 e. The Balaban J connectivity index is 1.91. The molecule has 0 radical (unpaired) electrons. The van der Waals surface area contributed by atoms with Crippen LogP contribution in [0.15, 0.2) is 11.4 Å². The zero-order valence-corrected chi connectivity index (χ0v) is 8.92. The normalized spacial score (nSPS) is 17.7. The molecule has 2 rings (SSSR count). The maximum absolute atomic E-state index is 10.4. The van der Waals surface area contributed by atoms with Crippen molar-refractivity contribution in [3.8, 4) is 0 Å². The SMILES string of the molecule is O=[N+]([O-])c1cc(CNC2(CO)CC2)cs1. The van der Waals surface area contributed by atoms with Crippen molar-refractivity contribution >= 4 is 16.3 Å². The zero-order valence-electron chi connectivity index (χ0n) is 8.10. The fourth-order valence-electron chi connectivity index (χ4n) is 1.38. The average molecular weight is 228 g/mol. The molecule has 1 aromatic heterocycles. The van der Waals surface area contributed by atoms with Crippen molar-refractivity contribution in [2.24, 2.45) is 0 Å². The van der Waals surface area contributed by atoms with Gasteiger partial charge in [0.2, 0.25) is 0 Å². The molecule has 15 heavy (non-hydrogen) atoms. The van der Waals surface area contributed by atoms with Crippen molar-refractivity contribution < 1.29 is 10.0 Å². The van der Waals surface area contributed by atoms with Gasteiger partial charge in [0, 0.05) is 23.5 Å². The van der Waals surface area contributed by atoms with Crippen LogP contribution in [0, 0.1) is 10.1 Å². The van der Waals surface area contributed by atoms with Crippen LogP contribution in [-0.2, 0) is 6.54 Å². The van der Waals surface area contributed by atoms with Crippen LogP contribution < -0.4 is 5.32 Å². The van der Waals surface area contributed by atoms with Gasteiger partial charge in [0.05, 0.1) is 11.5 Å². The second-order valence-electron chi connectivity index (χ2n) is 3.84. The van der Waals surface area contributed by atoms with E-state index in [9.17, 15) is 10.1 Å². The highest BCUT2D eigenvalue weighted by Crippen LogP contribution is 2.35. The summed E-state index contributed by atoms with van der Waals surface area (Å²) >= 11 is 1.13. The van der Waals surface area contributed by atoms with Crippen molar-refractivity contribution in [1.29, 1.82) is 0 Å². The first-order valence-corrected chi connectivity index (χ1v) is 5.61. The van der Waals surface area contributed by atoms with E-state index < -0.39 is 0 Å². The van der Waals surface area contributed by atoms with E-state index in [2.05, 4.69) is 5.32 Å². The molecule has 0 unspecified atom stereocenters. The van der Waals surface area contributed by atoms with Crippen LogP contribution in [0.5, 0.6) is 0 Å². The number of nitrogens with one attached hydrogen (secondary N) is 1. The van der Waals surface area contributed by atoms with Gasteiger partial charge in [-0.25, -0.2) is 0 Å². The topological polar surface area (TPSA) is 75.4 Å². The van der Waals surface area contributed by atoms with Gasteiger partial charge in [-0.15, -0.1) is 0 Å². The molecule has 1 saturated carbocycles. The second kappa shape index (κ2) is 3.88. The predicted molar refractivity (Wildman–Crippen MR) is 56.9 cm³/mol. The third-order valence-electron chi connectivity index (χ3n) is 2.64. The van der Waals surface area contributed by atoms with Crippen molar-refractivity contribution in [1.82, 2.24) is 5.32 Å². The van der Waals surface area contributed by atoms with Gasteiger partial charge in [0.25, 0.3) is 0 Å². The van der Waals surface area contributed by atoms with Gasteiger partial charge < -0.3 is 10.4 Å². The number of nitrogens with zero attached hydrogens (tertiary/aromatic N) is 1. The number of nitro groups is 1. The summed E-state index contributed by atoms with van der Waals surface area (Å²) in [6, 6.07) is 1.57. The standard InChI is InChI=1S/C9H12N2O3S/c12-6-9(1-2-9)10-4-7-3-8(11(13)14)15-5-7/h3,5,10,12H,1-2,4,6H2. The van der Waals surface area contributed by atoms with Gasteiger partial charge >= 0.3 is 5.00 Å². The Morgan fingerprint density at radius 2 is 2.40 bits per heavy atom. The molecule has 6 heteroatoms. The summed E-state index contributed by atoms with van der Waals surface area (Å²) in [5.74, 6) is 0. The highest BCUT2D eigenvalue weighted by molar-refractivity contribution is 7.13. The summed E-state index contributed by atoms with van der Waals surface area (Å²) in [7, 11) is 0. The van der Waals surface area contributed by atoms with E-state index >= 15 is 0 Å². The molecule has 5 nitrogen and oxygen atoms in total. The largest absolute Gasteiger partial charge is 0.394 e. The van der Waals surface area contributed by atoms with Crippen LogP contribution in [0.1, 0.15) is 18.4 Å². The molecule has 0 aromatic carbocycles. The van der Waals surface area contributed by atoms with Gasteiger partial charge in [-0.3, -0.25) is 10.1 Å². The molecule has 0 saturated heterocycles. The minimum atomic E-state index is -0.382. The van der Waals surface area contributed by atoms with Crippen LogP contribution in [0.2, 0.25) is 0 Å². The number of rotatable bonds is 5.